The minimum atomic E-state index is 0.926. The summed E-state index contributed by atoms with van der Waals surface area (Å²) < 4.78 is 5.53. The van der Waals surface area contributed by atoms with E-state index >= 15 is 0 Å². The second-order valence-electron chi connectivity index (χ2n) is 6.90. The van der Waals surface area contributed by atoms with E-state index in [-0.39, 0.29) is 0 Å². The van der Waals surface area contributed by atoms with Crippen LogP contribution >= 0.6 is 0 Å². The van der Waals surface area contributed by atoms with Crippen LogP contribution in [0.4, 0.5) is 0 Å². The number of rotatable bonds is 18. The highest BCUT2D eigenvalue weighted by Gasteiger charge is 2.13. The Bertz CT molecular complexity index is 182. The molecule has 0 aromatic rings. The highest BCUT2D eigenvalue weighted by Crippen LogP contribution is 2.06. The van der Waals surface area contributed by atoms with E-state index in [1.165, 1.54) is 103 Å². The van der Waals surface area contributed by atoms with E-state index in [1.54, 1.807) is 0 Å². The van der Waals surface area contributed by atoms with E-state index in [1.807, 2.05) is 0 Å². The molecule has 0 atom stereocenters. The van der Waals surface area contributed by atoms with Crippen LogP contribution in [0.1, 0.15) is 105 Å². The molecule has 2 nitrogen and oxygen atoms in total. The van der Waals surface area contributed by atoms with Gasteiger partial charge in [-0.15, -0.1) is 0 Å². The van der Waals surface area contributed by atoms with Gasteiger partial charge in [-0.25, -0.2) is 0 Å². The molecule has 0 aromatic heterocycles. The normalized spacial score (nSPS) is 11.7. The van der Waals surface area contributed by atoms with Crippen LogP contribution in [0, 0.1) is 0 Å². The molecule has 0 fully saturated rings. The van der Waals surface area contributed by atoms with Crippen molar-refractivity contribution in [3.8, 4) is 0 Å². The summed E-state index contributed by atoms with van der Waals surface area (Å²) in [5.41, 5.74) is 0. The summed E-state index contributed by atoms with van der Waals surface area (Å²) in [4.78, 5) is 0. The Labute approximate surface area is 150 Å². The van der Waals surface area contributed by atoms with Gasteiger partial charge in [-0.3, -0.25) is 0 Å². The maximum absolute atomic E-state index is 2.77. The Hall–Kier alpha value is 0.137. The molecule has 0 aliphatic carbocycles. The van der Waals surface area contributed by atoms with Gasteiger partial charge in [-0.2, -0.15) is 0 Å². The molecule has 0 heterocycles. The largest absolute Gasteiger partial charge is 0.312 e. The number of hydrogen-bond acceptors (Lipinski definition) is 2. The Morgan fingerprint density at radius 3 is 0.913 bits per heavy atom. The molecule has 0 aliphatic heterocycles. The monoisotopic (exact) mass is 340 g/mol. The standard InChI is InChI=1S/C20H44N2Si/c1-5-9-13-17-21(18-14-10-6-2)23-22(19-15-11-7-3)20-16-12-8-4/h5-20H2,1-4H3. The third-order valence-electron chi connectivity index (χ3n) is 4.41. The second-order valence-corrected chi connectivity index (χ2v) is 8.37. The molecular formula is C20H44N2Si. The van der Waals surface area contributed by atoms with E-state index in [4.69, 9.17) is 0 Å². The molecule has 0 aliphatic rings. The maximum atomic E-state index is 2.77. The molecule has 0 rings (SSSR count). The third kappa shape index (κ3) is 15.4. The van der Waals surface area contributed by atoms with Crippen LogP contribution in [0.3, 0.4) is 0 Å². The van der Waals surface area contributed by atoms with Gasteiger partial charge in [0.15, 0.2) is 0 Å². The van der Waals surface area contributed by atoms with Gasteiger partial charge in [-0.05, 0) is 51.9 Å². The molecule has 0 aromatic carbocycles. The van der Waals surface area contributed by atoms with E-state index in [2.05, 4.69) is 36.8 Å². The Morgan fingerprint density at radius 1 is 0.435 bits per heavy atom. The SMILES string of the molecule is CCCCCN(CCCCC)[Si]N(CCCCC)CCCCC. The lowest BCUT2D eigenvalue weighted by Crippen LogP contribution is -2.43. The molecule has 0 spiro atoms. The van der Waals surface area contributed by atoms with Crippen LogP contribution in [0.15, 0.2) is 0 Å². The van der Waals surface area contributed by atoms with Crippen molar-refractivity contribution >= 4 is 9.84 Å². The van der Waals surface area contributed by atoms with Gasteiger partial charge < -0.3 is 9.13 Å². The van der Waals surface area contributed by atoms with Crippen LogP contribution in [0.5, 0.6) is 0 Å². The minimum Gasteiger partial charge on any atom is -0.312 e. The molecular weight excluding hydrogens is 296 g/mol. The molecule has 0 saturated heterocycles. The summed E-state index contributed by atoms with van der Waals surface area (Å²) in [6, 6.07) is 0. The average molecular weight is 341 g/mol. The van der Waals surface area contributed by atoms with Crippen LogP contribution < -0.4 is 0 Å². The maximum Gasteiger partial charge on any atom is 0.251 e. The Morgan fingerprint density at radius 2 is 0.696 bits per heavy atom. The summed E-state index contributed by atoms with van der Waals surface area (Å²) in [6.45, 7) is 14.5. The van der Waals surface area contributed by atoms with Crippen molar-refractivity contribution in [2.45, 2.75) is 105 Å². The predicted octanol–water partition coefficient (Wildman–Crippen LogP) is 5.89. The Balaban J connectivity index is 4.31. The second kappa shape index (κ2) is 18.5. The molecule has 23 heavy (non-hydrogen) atoms. The van der Waals surface area contributed by atoms with Crippen molar-refractivity contribution in [3.05, 3.63) is 0 Å². The lowest BCUT2D eigenvalue weighted by Gasteiger charge is -2.29. The van der Waals surface area contributed by atoms with Crippen molar-refractivity contribution in [2.75, 3.05) is 26.2 Å². The van der Waals surface area contributed by atoms with Crippen molar-refractivity contribution in [2.24, 2.45) is 0 Å². The molecule has 0 saturated carbocycles. The van der Waals surface area contributed by atoms with Crippen molar-refractivity contribution in [3.63, 3.8) is 0 Å². The molecule has 138 valence electrons. The molecule has 3 heteroatoms. The van der Waals surface area contributed by atoms with E-state index in [0.29, 0.717) is 0 Å². The zero-order valence-electron chi connectivity index (χ0n) is 16.7. The molecule has 0 amide bonds. The number of hydrogen-bond donors (Lipinski definition) is 0. The minimum absolute atomic E-state index is 0.926. The lowest BCUT2D eigenvalue weighted by atomic mass is 10.2. The fourth-order valence-corrected chi connectivity index (χ4v) is 4.27. The fraction of sp³-hybridized carbons (Fsp3) is 1.00. The van der Waals surface area contributed by atoms with Crippen LogP contribution in [0.25, 0.3) is 0 Å². The van der Waals surface area contributed by atoms with Crippen molar-refractivity contribution in [1.29, 1.82) is 0 Å². The summed E-state index contributed by atoms with van der Waals surface area (Å²) >= 11 is 0. The average Bonchev–Trinajstić information content (AvgIpc) is 2.55. The van der Waals surface area contributed by atoms with Crippen LogP contribution in [-0.4, -0.2) is 45.2 Å². The van der Waals surface area contributed by atoms with Crippen molar-refractivity contribution in [1.82, 2.24) is 9.13 Å². The lowest BCUT2D eigenvalue weighted by molar-refractivity contribution is 0.337. The van der Waals surface area contributed by atoms with Crippen LogP contribution in [0.2, 0.25) is 0 Å². The number of nitrogens with zero attached hydrogens (tertiary/aromatic N) is 2. The van der Waals surface area contributed by atoms with E-state index in [0.717, 1.165) is 9.84 Å². The molecule has 0 N–H and O–H groups in total. The first kappa shape index (κ1) is 23.1. The fourth-order valence-electron chi connectivity index (χ4n) is 2.83. The van der Waals surface area contributed by atoms with E-state index < -0.39 is 0 Å². The Kier molecular flexibility index (Phi) is 18.6. The van der Waals surface area contributed by atoms with Gasteiger partial charge >= 0.3 is 0 Å². The number of unbranched alkanes of at least 4 members (excludes halogenated alkanes) is 8. The highest BCUT2D eigenvalue weighted by molar-refractivity contribution is 6.28. The summed E-state index contributed by atoms with van der Waals surface area (Å²) in [5, 5.41) is 0. The zero-order valence-corrected chi connectivity index (χ0v) is 17.7. The first-order valence-corrected chi connectivity index (χ1v) is 11.4. The highest BCUT2D eigenvalue weighted by atomic mass is 28.2. The predicted molar refractivity (Wildman–Crippen MR) is 107 cm³/mol. The summed E-state index contributed by atoms with van der Waals surface area (Å²) in [6.07, 6.45) is 16.4. The molecule has 0 bridgehead atoms. The van der Waals surface area contributed by atoms with Gasteiger partial charge in [0.25, 0.3) is 9.84 Å². The summed E-state index contributed by atoms with van der Waals surface area (Å²) in [7, 11) is 0.926. The van der Waals surface area contributed by atoms with Gasteiger partial charge in [0.2, 0.25) is 0 Å². The molecule has 2 radical (unpaired) electrons. The zero-order chi connectivity index (χ0) is 17.2. The van der Waals surface area contributed by atoms with Crippen LogP contribution in [-0.2, 0) is 0 Å². The first-order chi connectivity index (χ1) is 11.3. The topological polar surface area (TPSA) is 6.48 Å². The van der Waals surface area contributed by atoms with Gasteiger partial charge in [0.05, 0.1) is 0 Å². The third-order valence-corrected chi connectivity index (χ3v) is 5.87. The van der Waals surface area contributed by atoms with E-state index in [9.17, 15) is 0 Å². The van der Waals surface area contributed by atoms with Gasteiger partial charge in [-0.1, -0.05) is 79.1 Å². The van der Waals surface area contributed by atoms with Gasteiger partial charge in [0.1, 0.15) is 0 Å². The summed E-state index contributed by atoms with van der Waals surface area (Å²) in [5.74, 6) is 0. The smallest absolute Gasteiger partial charge is 0.251 e. The quantitative estimate of drug-likeness (QED) is 0.227. The van der Waals surface area contributed by atoms with Gasteiger partial charge in [0, 0.05) is 0 Å². The first-order valence-electron chi connectivity index (χ1n) is 10.5. The van der Waals surface area contributed by atoms with Crippen molar-refractivity contribution < 1.29 is 0 Å². The molecule has 0 unspecified atom stereocenters.